The van der Waals surface area contributed by atoms with E-state index in [4.69, 9.17) is 13.9 Å². The Morgan fingerprint density at radius 2 is 1.75 bits per heavy atom. The fourth-order valence-electron chi connectivity index (χ4n) is 2.86. The highest BCUT2D eigenvalue weighted by Crippen LogP contribution is 2.32. The molecule has 0 aliphatic heterocycles. The Morgan fingerprint density at radius 3 is 2.43 bits per heavy atom. The molecular formula is C22H24N2O4. The maximum atomic E-state index is 12.5. The molecular weight excluding hydrogens is 356 g/mol. The molecule has 1 aromatic heterocycles. The highest BCUT2D eigenvalue weighted by Gasteiger charge is 2.19. The fourth-order valence-corrected chi connectivity index (χ4v) is 2.86. The van der Waals surface area contributed by atoms with Gasteiger partial charge in [0.15, 0.2) is 17.2 Å². The van der Waals surface area contributed by atoms with Gasteiger partial charge in [-0.2, -0.15) is 0 Å². The summed E-state index contributed by atoms with van der Waals surface area (Å²) in [6.07, 6.45) is 0.755. The fraction of sp³-hybridized carbons (Fsp3) is 0.273. The molecule has 0 aliphatic rings. The first-order chi connectivity index (χ1) is 13.5. The van der Waals surface area contributed by atoms with E-state index in [-0.39, 0.29) is 11.6 Å². The molecule has 0 aliphatic carbocycles. The van der Waals surface area contributed by atoms with Gasteiger partial charge in [0.05, 0.1) is 14.2 Å². The van der Waals surface area contributed by atoms with Crippen molar-refractivity contribution in [2.45, 2.75) is 20.3 Å². The van der Waals surface area contributed by atoms with Crippen LogP contribution in [0.5, 0.6) is 11.5 Å². The molecule has 146 valence electrons. The van der Waals surface area contributed by atoms with Crippen LogP contribution in [0, 0.1) is 13.8 Å². The molecule has 3 rings (SSSR count). The Bertz CT molecular complexity index is 961. The SMILES string of the molecule is COc1ccc(-c2nc(C(=O)NCCc3ccc(C)cc3)c(C)o2)cc1OC. The number of aryl methyl sites for hydroxylation is 2. The second-order valence-electron chi connectivity index (χ2n) is 6.49. The lowest BCUT2D eigenvalue weighted by Gasteiger charge is -2.07. The summed E-state index contributed by atoms with van der Waals surface area (Å²) in [4.78, 5) is 16.9. The first-order valence-electron chi connectivity index (χ1n) is 9.05. The van der Waals surface area contributed by atoms with Crippen molar-refractivity contribution in [1.29, 1.82) is 0 Å². The van der Waals surface area contributed by atoms with E-state index < -0.39 is 0 Å². The van der Waals surface area contributed by atoms with Crippen molar-refractivity contribution >= 4 is 5.91 Å². The molecule has 0 spiro atoms. The highest BCUT2D eigenvalue weighted by atomic mass is 16.5. The number of carbonyl (C=O) groups is 1. The minimum absolute atomic E-state index is 0.250. The van der Waals surface area contributed by atoms with Crippen LogP contribution >= 0.6 is 0 Å². The zero-order chi connectivity index (χ0) is 20.1. The summed E-state index contributed by atoms with van der Waals surface area (Å²) in [5.74, 6) is 1.77. The number of methoxy groups -OCH3 is 2. The van der Waals surface area contributed by atoms with Crippen molar-refractivity contribution in [1.82, 2.24) is 10.3 Å². The van der Waals surface area contributed by atoms with Crippen LogP contribution in [0.3, 0.4) is 0 Å². The van der Waals surface area contributed by atoms with Crippen molar-refractivity contribution in [2.75, 3.05) is 20.8 Å². The molecule has 6 nitrogen and oxygen atoms in total. The van der Waals surface area contributed by atoms with Crippen molar-refractivity contribution in [3.05, 3.63) is 65.0 Å². The monoisotopic (exact) mass is 380 g/mol. The van der Waals surface area contributed by atoms with Crippen molar-refractivity contribution in [3.63, 3.8) is 0 Å². The van der Waals surface area contributed by atoms with Crippen LogP contribution in [0.15, 0.2) is 46.9 Å². The van der Waals surface area contributed by atoms with Gasteiger partial charge in [0.1, 0.15) is 5.76 Å². The molecule has 0 saturated carbocycles. The molecule has 1 heterocycles. The summed E-state index contributed by atoms with van der Waals surface area (Å²) < 4.78 is 16.3. The number of rotatable bonds is 7. The molecule has 0 unspecified atom stereocenters. The Morgan fingerprint density at radius 1 is 1.04 bits per heavy atom. The Labute approximate surface area is 164 Å². The lowest BCUT2D eigenvalue weighted by Crippen LogP contribution is -2.26. The minimum atomic E-state index is -0.250. The Balaban J connectivity index is 1.69. The molecule has 1 N–H and O–H groups in total. The number of nitrogens with zero attached hydrogens (tertiary/aromatic N) is 1. The third-order valence-electron chi connectivity index (χ3n) is 4.46. The molecule has 3 aromatic rings. The van der Waals surface area contributed by atoms with Gasteiger partial charge < -0.3 is 19.2 Å². The van der Waals surface area contributed by atoms with Crippen LogP contribution in [-0.4, -0.2) is 31.7 Å². The molecule has 0 radical (unpaired) electrons. The number of ether oxygens (including phenoxy) is 2. The Hall–Kier alpha value is -3.28. The summed E-state index contributed by atoms with van der Waals surface area (Å²) in [5.41, 5.74) is 3.38. The van der Waals surface area contributed by atoms with E-state index in [0.29, 0.717) is 35.3 Å². The van der Waals surface area contributed by atoms with Gasteiger partial charge in [-0.1, -0.05) is 29.8 Å². The zero-order valence-corrected chi connectivity index (χ0v) is 16.5. The summed E-state index contributed by atoms with van der Waals surface area (Å²) in [6, 6.07) is 13.6. The lowest BCUT2D eigenvalue weighted by molar-refractivity contribution is 0.0948. The standard InChI is InChI=1S/C22H24N2O4/c1-14-5-7-16(8-6-14)11-12-23-21(25)20-15(2)28-22(24-20)17-9-10-18(26-3)19(13-17)27-4/h5-10,13H,11-12H2,1-4H3,(H,23,25). The number of amides is 1. The van der Waals surface area contributed by atoms with Gasteiger partial charge in [0.2, 0.25) is 5.89 Å². The van der Waals surface area contributed by atoms with Crippen LogP contribution in [0.2, 0.25) is 0 Å². The smallest absolute Gasteiger partial charge is 0.273 e. The second-order valence-corrected chi connectivity index (χ2v) is 6.49. The maximum Gasteiger partial charge on any atom is 0.273 e. The normalized spacial score (nSPS) is 10.6. The first-order valence-corrected chi connectivity index (χ1v) is 9.05. The summed E-state index contributed by atoms with van der Waals surface area (Å²) in [7, 11) is 3.14. The van der Waals surface area contributed by atoms with Crippen molar-refractivity contribution in [2.24, 2.45) is 0 Å². The predicted molar refractivity (Wildman–Crippen MR) is 107 cm³/mol. The van der Waals surface area contributed by atoms with E-state index in [9.17, 15) is 4.79 Å². The van der Waals surface area contributed by atoms with Gasteiger partial charge in [0, 0.05) is 12.1 Å². The van der Waals surface area contributed by atoms with Gasteiger partial charge in [-0.05, 0) is 44.0 Å². The van der Waals surface area contributed by atoms with Gasteiger partial charge in [-0.15, -0.1) is 0 Å². The van der Waals surface area contributed by atoms with Crippen LogP contribution in [0.1, 0.15) is 27.4 Å². The number of oxazole rings is 1. The highest BCUT2D eigenvalue weighted by molar-refractivity contribution is 5.93. The maximum absolute atomic E-state index is 12.5. The molecule has 0 atom stereocenters. The summed E-state index contributed by atoms with van der Waals surface area (Å²) in [5, 5.41) is 2.90. The first kappa shape index (κ1) is 19.5. The molecule has 6 heteroatoms. The molecule has 28 heavy (non-hydrogen) atoms. The third kappa shape index (κ3) is 4.34. The Kier molecular flexibility index (Phi) is 5.99. The average molecular weight is 380 g/mol. The zero-order valence-electron chi connectivity index (χ0n) is 16.5. The third-order valence-corrected chi connectivity index (χ3v) is 4.46. The minimum Gasteiger partial charge on any atom is -0.493 e. The average Bonchev–Trinajstić information content (AvgIpc) is 3.10. The van der Waals surface area contributed by atoms with Crippen molar-refractivity contribution < 1.29 is 18.7 Å². The van der Waals surface area contributed by atoms with Crippen LogP contribution in [-0.2, 0) is 6.42 Å². The number of hydrogen-bond donors (Lipinski definition) is 1. The largest absolute Gasteiger partial charge is 0.493 e. The molecule has 0 saturated heterocycles. The lowest BCUT2D eigenvalue weighted by atomic mass is 10.1. The van der Waals surface area contributed by atoms with Gasteiger partial charge in [-0.25, -0.2) is 4.98 Å². The predicted octanol–water partition coefficient (Wildman–Crippen LogP) is 3.95. The van der Waals surface area contributed by atoms with E-state index in [1.54, 1.807) is 33.3 Å². The second kappa shape index (κ2) is 8.61. The topological polar surface area (TPSA) is 73.6 Å². The van der Waals surface area contributed by atoms with E-state index in [2.05, 4.69) is 41.5 Å². The van der Waals surface area contributed by atoms with Gasteiger partial charge in [-0.3, -0.25) is 4.79 Å². The number of aromatic nitrogens is 1. The van der Waals surface area contributed by atoms with Crippen LogP contribution < -0.4 is 14.8 Å². The molecule has 0 fully saturated rings. The van der Waals surface area contributed by atoms with Crippen LogP contribution in [0.4, 0.5) is 0 Å². The van der Waals surface area contributed by atoms with Gasteiger partial charge in [0.25, 0.3) is 5.91 Å². The molecule has 1 amide bonds. The van der Waals surface area contributed by atoms with Crippen molar-refractivity contribution in [3.8, 4) is 23.0 Å². The van der Waals surface area contributed by atoms with Gasteiger partial charge >= 0.3 is 0 Å². The molecule has 2 aromatic carbocycles. The molecule has 0 bridgehead atoms. The van der Waals surface area contributed by atoms with E-state index >= 15 is 0 Å². The number of benzene rings is 2. The quantitative estimate of drug-likeness (QED) is 0.672. The number of hydrogen-bond acceptors (Lipinski definition) is 5. The van der Waals surface area contributed by atoms with E-state index in [1.165, 1.54) is 11.1 Å². The summed E-state index contributed by atoms with van der Waals surface area (Å²) in [6.45, 7) is 4.31. The van der Waals surface area contributed by atoms with E-state index in [0.717, 1.165) is 6.42 Å². The van der Waals surface area contributed by atoms with E-state index in [1.807, 2.05) is 6.07 Å². The summed E-state index contributed by atoms with van der Waals surface area (Å²) >= 11 is 0. The number of nitrogens with one attached hydrogen (secondary N) is 1. The van der Waals surface area contributed by atoms with Crippen LogP contribution in [0.25, 0.3) is 11.5 Å². The number of carbonyl (C=O) groups excluding carboxylic acids is 1.